The fourth-order valence-corrected chi connectivity index (χ4v) is 3.85. The minimum Gasteiger partial charge on any atom is -0.396 e. The maximum Gasteiger partial charge on any atom is 0.191 e. The molecule has 0 radical (unpaired) electrons. The number of hydrogen-bond donors (Lipinski definition) is 3. The molecule has 146 valence electrons. The number of rotatable bonds is 9. The Morgan fingerprint density at radius 1 is 1.28 bits per heavy atom. The van der Waals surface area contributed by atoms with Crippen LogP contribution in [0.15, 0.2) is 4.99 Å². The zero-order valence-corrected chi connectivity index (χ0v) is 16.2. The van der Waals surface area contributed by atoms with Gasteiger partial charge in [-0.15, -0.1) is 0 Å². The molecule has 0 aliphatic carbocycles. The van der Waals surface area contributed by atoms with Crippen LogP contribution in [0.4, 0.5) is 0 Å². The molecule has 0 spiro atoms. The van der Waals surface area contributed by atoms with Crippen molar-refractivity contribution in [2.45, 2.75) is 46.0 Å². The lowest BCUT2D eigenvalue weighted by Crippen LogP contribution is -2.43. The van der Waals surface area contributed by atoms with Crippen LogP contribution < -0.4 is 10.6 Å². The summed E-state index contributed by atoms with van der Waals surface area (Å²) in [5.74, 6) is 1.64. The van der Waals surface area contributed by atoms with Gasteiger partial charge in [0.1, 0.15) is 0 Å². The summed E-state index contributed by atoms with van der Waals surface area (Å²) in [6.45, 7) is 12.3. The van der Waals surface area contributed by atoms with Crippen molar-refractivity contribution in [3.05, 3.63) is 0 Å². The summed E-state index contributed by atoms with van der Waals surface area (Å²) in [4.78, 5) is 7.39. The summed E-state index contributed by atoms with van der Waals surface area (Å²) in [5, 5.41) is 16.3. The molecule has 2 aliphatic heterocycles. The van der Waals surface area contributed by atoms with Crippen LogP contribution >= 0.6 is 0 Å². The van der Waals surface area contributed by atoms with E-state index in [1.54, 1.807) is 0 Å². The van der Waals surface area contributed by atoms with Crippen molar-refractivity contribution < 1.29 is 9.84 Å². The Kier molecular flexibility index (Phi) is 8.99. The van der Waals surface area contributed by atoms with E-state index in [9.17, 15) is 5.11 Å². The minimum atomic E-state index is 0.0165. The molecule has 25 heavy (non-hydrogen) atoms. The summed E-state index contributed by atoms with van der Waals surface area (Å²) >= 11 is 0. The highest BCUT2D eigenvalue weighted by atomic mass is 16.5. The number of aliphatic hydroxyl groups is 1. The monoisotopic (exact) mass is 354 g/mol. The molecular formula is C19H38N4O2. The van der Waals surface area contributed by atoms with Crippen molar-refractivity contribution in [2.24, 2.45) is 16.3 Å². The first-order valence-electron chi connectivity index (χ1n) is 10.1. The first kappa shape index (κ1) is 20.5. The van der Waals surface area contributed by atoms with E-state index >= 15 is 0 Å². The smallest absolute Gasteiger partial charge is 0.191 e. The molecule has 2 saturated heterocycles. The van der Waals surface area contributed by atoms with Crippen molar-refractivity contribution >= 4 is 5.96 Å². The third kappa shape index (κ3) is 6.76. The zero-order chi connectivity index (χ0) is 18.0. The Hall–Kier alpha value is -0.850. The number of aliphatic hydroxyl groups excluding tert-OH is 1. The molecular weight excluding hydrogens is 316 g/mol. The topological polar surface area (TPSA) is 69.1 Å². The predicted octanol–water partition coefficient (Wildman–Crippen LogP) is 1.45. The molecule has 0 bridgehead atoms. The van der Waals surface area contributed by atoms with Crippen LogP contribution in [-0.4, -0.2) is 75.1 Å². The number of guanidine groups is 1. The van der Waals surface area contributed by atoms with Crippen LogP contribution in [-0.2, 0) is 4.74 Å². The quantitative estimate of drug-likeness (QED) is 0.432. The molecule has 0 aromatic rings. The largest absolute Gasteiger partial charge is 0.396 e. The first-order valence-corrected chi connectivity index (χ1v) is 10.1. The van der Waals surface area contributed by atoms with Crippen LogP contribution in [0.25, 0.3) is 0 Å². The molecule has 2 heterocycles. The van der Waals surface area contributed by atoms with Gasteiger partial charge in [-0.25, -0.2) is 0 Å². The van der Waals surface area contributed by atoms with Crippen LogP contribution in [0.5, 0.6) is 0 Å². The van der Waals surface area contributed by atoms with Crippen molar-refractivity contribution in [3.8, 4) is 0 Å². The maximum atomic E-state index is 9.35. The Bertz CT molecular complexity index is 389. The van der Waals surface area contributed by atoms with Gasteiger partial charge in [0.2, 0.25) is 0 Å². The first-order chi connectivity index (χ1) is 12.2. The summed E-state index contributed by atoms with van der Waals surface area (Å²) in [7, 11) is 0. The number of nitrogens with zero attached hydrogens (tertiary/aromatic N) is 2. The molecule has 1 atom stereocenters. The summed E-state index contributed by atoms with van der Waals surface area (Å²) in [6, 6.07) is 0. The fraction of sp³-hybridized carbons (Fsp3) is 0.947. The zero-order valence-electron chi connectivity index (χ0n) is 16.2. The molecule has 0 aromatic heterocycles. The second kappa shape index (κ2) is 11.0. The SMILES string of the molecule is CCCN1CCC(CNC(=NCC2(CCO)CCOC2)NCC)CC1. The van der Waals surface area contributed by atoms with E-state index in [0.717, 1.165) is 51.0 Å². The second-order valence-electron chi connectivity index (χ2n) is 7.64. The molecule has 1 unspecified atom stereocenters. The molecule has 0 amide bonds. The van der Waals surface area contributed by atoms with E-state index < -0.39 is 0 Å². The van der Waals surface area contributed by atoms with E-state index in [4.69, 9.17) is 9.73 Å². The lowest BCUT2D eigenvalue weighted by atomic mass is 9.84. The third-order valence-corrected chi connectivity index (χ3v) is 5.55. The number of piperidine rings is 1. The highest BCUT2D eigenvalue weighted by molar-refractivity contribution is 5.79. The van der Waals surface area contributed by atoms with E-state index in [-0.39, 0.29) is 12.0 Å². The average Bonchev–Trinajstić information content (AvgIpc) is 3.08. The molecule has 2 aliphatic rings. The van der Waals surface area contributed by atoms with Gasteiger partial charge in [0.25, 0.3) is 0 Å². The predicted molar refractivity (Wildman–Crippen MR) is 103 cm³/mol. The van der Waals surface area contributed by atoms with E-state index in [1.165, 1.54) is 38.9 Å². The molecule has 2 rings (SSSR count). The average molecular weight is 355 g/mol. The number of hydrogen-bond acceptors (Lipinski definition) is 4. The van der Waals surface area contributed by atoms with E-state index in [0.29, 0.717) is 6.61 Å². The van der Waals surface area contributed by atoms with Gasteiger partial charge in [-0.2, -0.15) is 0 Å². The highest BCUT2D eigenvalue weighted by Gasteiger charge is 2.34. The van der Waals surface area contributed by atoms with Crippen LogP contribution in [0.2, 0.25) is 0 Å². The van der Waals surface area contributed by atoms with Gasteiger partial charge < -0.3 is 25.4 Å². The van der Waals surface area contributed by atoms with Crippen molar-refractivity contribution in [1.82, 2.24) is 15.5 Å². The van der Waals surface area contributed by atoms with E-state index in [2.05, 4.69) is 29.4 Å². The van der Waals surface area contributed by atoms with Crippen LogP contribution in [0, 0.1) is 11.3 Å². The summed E-state index contributed by atoms with van der Waals surface area (Å²) in [6.07, 6.45) is 5.56. The third-order valence-electron chi connectivity index (χ3n) is 5.55. The van der Waals surface area contributed by atoms with Gasteiger partial charge in [-0.1, -0.05) is 6.92 Å². The summed E-state index contributed by atoms with van der Waals surface area (Å²) < 4.78 is 5.56. The number of likely N-dealkylation sites (tertiary alicyclic amines) is 1. The maximum absolute atomic E-state index is 9.35. The Labute approximate surface area is 153 Å². The molecule has 6 heteroatoms. The normalized spacial score (nSPS) is 26.1. The van der Waals surface area contributed by atoms with Gasteiger partial charge in [-0.3, -0.25) is 4.99 Å². The number of aliphatic imine (C=N–C) groups is 1. The van der Waals surface area contributed by atoms with E-state index in [1.807, 2.05) is 0 Å². The molecule has 6 nitrogen and oxygen atoms in total. The lowest BCUT2D eigenvalue weighted by molar-refractivity contribution is 0.131. The standard InChI is InChI=1S/C19H38N4O2/c1-3-9-23-10-5-17(6-11-23)14-21-18(20-4-2)22-15-19(7-12-24)8-13-25-16-19/h17,24H,3-16H2,1-2H3,(H2,20,21,22). The van der Waals surface area contributed by atoms with Gasteiger partial charge >= 0.3 is 0 Å². The van der Waals surface area contributed by atoms with Gasteiger partial charge in [0, 0.05) is 31.7 Å². The van der Waals surface area contributed by atoms with Crippen molar-refractivity contribution in [1.29, 1.82) is 0 Å². The van der Waals surface area contributed by atoms with Crippen molar-refractivity contribution in [2.75, 3.05) is 59.1 Å². The van der Waals surface area contributed by atoms with Crippen LogP contribution in [0.1, 0.15) is 46.0 Å². The van der Waals surface area contributed by atoms with Gasteiger partial charge in [0.05, 0.1) is 13.2 Å². The number of ether oxygens (including phenoxy) is 1. The Morgan fingerprint density at radius 3 is 2.68 bits per heavy atom. The van der Waals surface area contributed by atoms with Crippen LogP contribution in [0.3, 0.4) is 0 Å². The fourth-order valence-electron chi connectivity index (χ4n) is 3.85. The molecule has 0 aromatic carbocycles. The molecule has 0 saturated carbocycles. The van der Waals surface area contributed by atoms with Gasteiger partial charge in [-0.05, 0) is 64.6 Å². The lowest BCUT2D eigenvalue weighted by Gasteiger charge is -2.32. The van der Waals surface area contributed by atoms with Crippen molar-refractivity contribution in [3.63, 3.8) is 0 Å². The minimum absolute atomic E-state index is 0.0165. The molecule has 2 fully saturated rings. The Balaban J connectivity index is 1.79. The highest BCUT2D eigenvalue weighted by Crippen LogP contribution is 2.32. The van der Waals surface area contributed by atoms with Gasteiger partial charge in [0.15, 0.2) is 5.96 Å². The summed E-state index contributed by atoms with van der Waals surface area (Å²) in [5.41, 5.74) is 0.0165. The molecule has 3 N–H and O–H groups in total. The number of nitrogens with one attached hydrogen (secondary N) is 2. The Morgan fingerprint density at radius 2 is 2.08 bits per heavy atom. The second-order valence-corrected chi connectivity index (χ2v) is 7.64.